The van der Waals surface area contributed by atoms with Gasteiger partial charge in [-0.2, -0.15) is 0 Å². The molecule has 3 rings (SSSR count). The van der Waals surface area contributed by atoms with Crippen molar-refractivity contribution in [3.63, 3.8) is 0 Å². The predicted octanol–water partition coefficient (Wildman–Crippen LogP) is 3.03. The molecule has 1 atom stereocenters. The highest BCUT2D eigenvalue weighted by Crippen LogP contribution is 2.31. The van der Waals surface area contributed by atoms with Crippen LogP contribution in [0.25, 0.3) is 10.9 Å². The van der Waals surface area contributed by atoms with Crippen molar-refractivity contribution in [3.05, 3.63) is 35.5 Å². The van der Waals surface area contributed by atoms with Crippen LogP contribution in [0.2, 0.25) is 0 Å². The van der Waals surface area contributed by atoms with Gasteiger partial charge in [0.05, 0.1) is 0 Å². The minimum atomic E-state index is 0.575. The SMILES string of the molecule is CC(C)NC1CCc2c(c3ccccc3n2C)C1. The van der Waals surface area contributed by atoms with Gasteiger partial charge in [-0.05, 0) is 30.9 Å². The molecule has 1 unspecified atom stereocenters. The summed E-state index contributed by atoms with van der Waals surface area (Å²) in [5.74, 6) is 0. The van der Waals surface area contributed by atoms with Crippen molar-refractivity contribution in [3.8, 4) is 0 Å². The van der Waals surface area contributed by atoms with E-state index in [1.165, 1.54) is 35.9 Å². The number of benzene rings is 1. The first kappa shape index (κ1) is 11.8. The molecule has 18 heavy (non-hydrogen) atoms. The van der Waals surface area contributed by atoms with Crippen LogP contribution in [0.5, 0.6) is 0 Å². The molecule has 0 saturated heterocycles. The standard InChI is InChI=1S/C16H22N2/c1-11(2)17-12-8-9-16-14(10-12)13-6-4-5-7-15(13)18(16)3/h4-7,11-12,17H,8-10H2,1-3H3. The van der Waals surface area contributed by atoms with E-state index in [0.717, 1.165) is 0 Å². The quantitative estimate of drug-likeness (QED) is 0.856. The average Bonchev–Trinajstić information content (AvgIpc) is 2.63. The molecule has 1 aromatic heterocycles. The monoisotopic (exact) mass is 242 g/mol. The maximum atomic E-state index is 3.69. The first-order chi connectivity index (χ1) is 8.66. The van der Waals surface area contributed by atoms with Gasteiger partial charge in [0.15, 0.2) is 0 Å². The van der Waals surface area contributed by atoms with E-state index in [2.05, 4.69) is 55.0 Å². The Morgan fingerprint density at radius 3 is 2.83 bits per heavy atom. The van der Waals surface area contributed by atoms with E-state index in [-0.39, 0.29) is 0 Å². The minimum absolute atomic E-state index is 0.575. The number of hydrogen-bond acceptors (Lipinski definition) is 1. The number of nitrogens with zero attached hydrogens (tertiary/aromatic N) is 1. The van der Waals surface area contributed by atoms with E-state index in [4.69, 9.17) is 0 Å². The zero-order chi connectivity index (χ0) is 12.7. The molecule has 0 aliphatic heterocycles. The highest BCUT2D eigenvalue weighted by Gasteiger charge is 2.24. The van der Waals surface area contributed by atoms with Crippen LogP contribution in [0, 0.1) is 0 Å². The Balaban J connectivity index is 2.02. The Morgan fingerprint density at radius 1 is 1.28 bits per heavy atom. The maximum absolute atomic E-state index is 3.69. The summed E-state index contributed by atoms with van der Waals surface area (Å²) in [6.07, 6.45) is 3.63. The van der Waals surface area contributed by atoms with Crippen LogP contribution in [0.4, 0.5) is 0 Å². The summed E-state index contributed by atoms with van der Waals surface area (Å²) in [5, 5.41) is 5.14. The Morgan fingerprint density at radius 2 is 2.06 bits per heavy atom. The summed E-state index contributed by atoms with van der Waals surface area (Å²) >= 11 is 0. The fraction of sp³-hybridized carbons (Fsp3) is 0.500. The van der Waals surface area contributed by atoms with Crippen LogP contribution >= 0.6 is 0 Å². The number of fused-ring (bicyclic) bond motifs is 3. The van der Waals surface area contributed by atoms with Gasteiger partial charge in [-0.15, -0.1) is 0 Å². The number of hydrogen-bond donors (Lipinski definition) is 1. The second-order valence-corrected chi connectivity index (χ2v) is 5.76. The van der Waals surface area contributed by atoms with E-state index < -0.39 is 0 Å². The fourth-order valence-electron chi connectivity index (χ4n) is 3.34. The third kappa shape index (κ3) is 1.85. The lowest BCUT2D eigenvalue weighted by molar-refractivity contribution is 0.418. The van der Waals surface area contributed by atoms with Gasteiger partial charge in [-0.1, -0.05) is 32.0 Å². The molecule has 0 radical (unpaired) electrons. The number of para-hydroxylation sites is 1. The summed E-state index contributed by atoms with van der Waals surface area (Å²) in [6, 6.07) is 10.0. The van der Waals surface area contributed by atoms with Gasteiger partial charge in [0.1, 0.15) is 0 Å². The molecule has 1 aromatic carbocycles. The van der Waals surface area contributed by atoms with Gasteiger partial charge in [0.25, 0.3) is 0 Å². The molecule has 0 spiro atoms. The Hall–Kier alpha value is -1.28. The Kier molecular flexibility index (Phi) is 2.90. The van der Waals surface area contributed by atoms with E-state index in [1.807, 2.05) is 0 Å². The van der Waals surface area contributed by atoms with Crippen LogP contribution < -0.4 is 5.32 Å². The van der Waals surface area contributed by atoms with E-state index in [9.17, 15) is 0 Å². The van der Waals surface area contributed by atoms with Crippen molar-refractivity contribution in [2.45, 2.75) is 45.2 Å². The summed E-state index contributed by atoms with van der Waals surface area (Å²) < 4.78 is 2.39. The normalized spacial score (nSPS) is 19.4. The van der Waals surface area contributed by atoms with Gasteiger partial charge in [0.2, 0.25) is 0 Å². The molecule has 0 fully saturated rings. The molecule has 0 saturated carbocycles. The second kappa shape index (κ2) is 4.43. The zero-order valence-corrected chi connectivity index (χ0v) is 11.5. The molecular weight excluding hydrogens is 220 g/mol. The zero-order valence-electron chi connectivity index (χ0n) is 11.5. The summed E-state index contributed by atoms with van der Waals surface area (Å²) in [6.45, 7) is 4.47. The molecule has 2 heteroatoms. The third-order valence-electron chi connectivity index (χ3n) is 4.09. The first-order valence-corrected chi connectivity index (χ1v) is 6.98. The topological polar surface area (TPSA) is 17.0 Å². The third-order valence-corrected chi connectivity index (χ3v) is 4.09. The van der Waals surface area contributed by atoms with E-state index in [1.54, 1.807) is 5.56 Å². The minimum Gasteiger partial charge on any atom is -0.347 e. The van der Waals surface area contributed by atoms with Crippen LogP contribution in [0.3, 0.4) is 0 Å². The molecule has 1 aliphatic rings. The van der Waals surface area contributed by atoms with Crippen molar-refractivity contribution >= 4 is 10.9 Å². The van der Waals surface area contributed by atoms with Crippen molar-refractivity contribution in [2.24, 2.45) is 7.05 Å². The van der Waals surface area contributed by atoms with Gasteiger partial charge in [-0.25, -0.2) is 0 Å². The molecular formula is C16H22N2. The fourth-order valence-corrected chi connectivity index (χ4v) is 3.34. The van der Waals surface area contributed by atoms with Gasteiger partial charge in [0, 0.05) is 35.7 Å². The molecule has 2 aromatic rings. The molecule has 96 valence electrons. The smallest absolute Gasteiger partial charge is 0.0482 e. The van der Waals surface area contributed by atoms with Crippen LogP contribution in [0.15, 0.2) is 24.3 Å². The number of aromatic nitrogens is 1. The van der Waals surface area contributed by atoms with Crippen LogP contribution in [-0.4, -0.2) is 16.7 Å². The highest BCUT2D eigenvalue weighted by molar-refractivity contribution is 5.85. The molecule has 1 N–H and O–H groups in total. The number of rotatable bonds is 2. The largest absolute Gasteiger partial charge is 0.347 e. The van der Waals surface area contributed by atoms with Crippen LogP contribution in [-0.2, 0) is 19.9 Å². The molecule has 0 amide bonds. The summed E-state index contributed by atoms with van der Waals surface area (Å²) in [4.78, 5) is 0. The van der Waals surface area contributed by atoms with Gasteiger partial charge >= 0.3 is 0 Å². The number of aryl methyl sites for hydroxylation is 1. The first-order valence-electron chi connectivity index (χ1n) is 6.98. The predicted molar refractivity (Wildman–Crippen MR) is 77.0 cm³/mol. The molecule has 2 nitrogen and oxygen atoms in total. The Bertz CT molecular complexity index is 566. The van der Waals surface area contributed by atoms with Crippen molar-refractivity contribution < 1.29 is 0 Å². The average molecular weight is 242 g/mol. The van der Waals surface area contributed by atoms with Gasteiger partial charge < -0.3 is 9.88 Å². The lowest BCUT2D eigenvalue weighted by atomic mass is 9.91. The molecule has 0 bridgehead atoms. The lowest BCUT2D eigenvalue weighted by Crippen LogP contribution is -2.38. The molecule has 1 aliphatic carbocycles. The summed E-state index contributed by atoms with van der Waals surface area (Å²) in [7, 11) is 2.21. The van der Waals surface area contributed by atoms with Crippen molar-refractivity contribution in [2.75, 3.05) is 0 Å². The molecule has 1 heterocycles. The van der Waals surface area contributed by atoms with E-state index in [0.29, 0.717) is 12.1 Å². The number of nitrogens with one attached hydrogen (secondary N) is 1. The van der Waals surface area contributed by atoms with Crippen LogP contribution in [0.1, 0.15) is 31.5 Å². The van der Waals surface area contributed by atoms with Crippen molar-refractivity contribution in [1.29, 1.82) is 0 Å². The summed E-state index contributed by atoms with van der Waals surface area (Å²) in [5.41, 5.74) is 4.49. The van der Waals surface area contributed by atoms with Crippen molar-refractivity contribution in [1.82, 2.24) is 9.88 Å². The highest BCUT2D eigenvalue weighted by atomic mass is 15.0. The lowest BCUT2D eigenvalue weighted by Gasteiger charge is -2.26. The van der Waals surface area contributed by atoms with E-state index >= 15 is 0 Å². The second-order valence-electron chi connectivity index (χ2n) is 5.76. The maximum Gasteiger partial charge on any atom is 0.0482 e. The van der Waals surface area contributed by atoms with Gasteiger partial charge in [-0.3, -0.25) is 0 Å². The Labute approximate surface area is 109 Å².